The van der Waals surface area contributed by atoms with Gasteiger partial charge in [0.05, 0.1) is 5.69 Å². The number of nitrogens with one attached hydrogen (secondary N) is 1. The molecule has 2 aliphatic rings. The van der Waals surface area contributed by atoms with Crippen molar-refractivity contribution in [2.45, 2.75) is 31.7 Å². The van der Waals surface area contributed by atoms with Crippen molar-refractivity contribution in [3.05, 3.63) is 10.7 Å². The van der Waals surface area contributed by atoms with Crippen molar-refractivity contribution in [1.82, 2.24) is 9.78 Å². The first-order valence-corrected chi connectivity index (χ1v) is 5.24. The average molecular weight is 198 g/mol. The van der Waals surface area contributed by atoms with E-state index in [1.54, 1.807) is 0 Å². The van der Waals surface area contributed by atoms with Crippen molar-refractivity contribution >= 4 is 17.4 Å². The molecule has 1 N–H and O–H groups in total. The fourth-order valence-corrected chi connectivity index (χ4v) is 2.20. The Morgan fingerprint density at radius 2 is 2.31 bits per heavy atom. The first-order chi connectivity index (χ1) is 6.36. The molecule has 0 aromatic carbocycles. The molecule has 3 nitrogen and oxygen atoms in total. The highest BCUT2D eigenvalue weighted by Crippen LogP contribution is 2.45. The molecule has 13 heavy (non-hydrogen) atoms. The van der Waals surface area contributed by atoms with Gasteiger partial charge in [-0.25, -0.2) is 4.68 Å². The van der Waals surface area contributed by atoms with Crippen LogP contribution in [-0.4, -0.2) is 16.3 Å². The van der Waals surface area contributed by atoms with E-state index in [-0.39, 0.29) is 0 Å². The van der Waals surface area contributed by atoms with Crippen LogP contribution in [0.3, 0.4) is 0 Å². The van der Waals surface area contributed by atoms with E-state index in [1.165, 1.54) is 12.8 Å². The molecular weight excluding hydrogens is 186 g/mol. The highest BCUT2D eigenvalue weighted by molar-refractivity contribution is 6.33. The molecule has 4 heteroatoms. The number of hydrogen-bond acceptors (Lipinski definition) is 2. The summed E-state index contributed by atoms with van der Waals surface area (Å²) in [6, 6.07) is 0. The maximum Gasteiger partial charge on any atom is 0.143 e. The quantitative estimate of drug-likeness (QED) is 0.749. The summed E-state index contributed by atoms with van der Waals surface area (Å²) in [6.07, 6.45) is 3.67. The van der Waals surface area contributed by atoms with E-state index in [1.807, 2.05) is 4.68 Å². The smallest absolute Gasteiger partial charge is 0.143 e. The van der Waals surface area contributed by atoms with Crippen LogP contribution in [0.2, 0.25) is 5.02 Å². The van der Waals surface area contributed by atoms with Crippen LogP contribution in [0.1, 0.15) is 30.9 Å². The lowest BCUT2D eigenvalue weighted by molar-refractivity contribution is 0.562. The minimum Gasteiger partial charge on any atom is -0.369 e. The number of halogens is 1. The molecule has 1 aromatic heterocycles. The molecule has 0 saturated heterocycles. The number of rotatable bonds is 1. The van der Waals surface area contributed by atoms with Gasteiger partial charge in [0.25, 0.3) is 0 Å². The molecule has 2 heterocycles. The van der Waals surface area contributed by atoms with E-state index in [0.717, 1.165) is 36.0 Å². The monoisotopic (exact) mass is 197 g/mol. The Kier molecular flexibility index (Phi) is 1.56. The zero-order valence-electron chi connectivity index (χ0n) is 7.39. The van der Waals surface area contributed by atoms with E-state index < -0.39 is 0 Å². The van der Waals surface area contributed by atoms with Gasteiger partial charge in [-0.05, 0) is 19.3 Å². The van der Waals surface area contributed by atoms with Crippen molar-refractivity contribution in [2.75, 3.05) is 11.9 Å². The van der Waals surface area contributed by atoms with E-state index >= 15 is 0 Å². The molecule has 0 unspecified atom stereocenters. The Balaban J connectivity index is 2.06. The average Bonchev–Trinajstić information content (AvgIpc) is 2.94. The van der Waals surface area contributed by atoms with Crippen LogP contribution in [-0.2, 0) is 6.54 Å². The maximum atomic E-state index is 6.23. The first kappa shape index (κ1) is 7.68. The third kappa shape index (κ3) is 1.14. The van der Waals surface area contributed by atoms with Crippen molar-refractivity contribution in [2.24, 2.45) is 0 Å². The summed E-state index contributed by atoms with van der Waals surface area (Å²) in [6.45, 7) is 2.03. The molecule has 3 rings (SSSR count). The van der Waals surface area contributed by atoms with Gasteiger partial charge in [0.15, 0.2) is 0 Å². The lowest BCUT2D eigenvalue weighted by Crippen LogP contribution is -2.17. The molecule has 0 bridgehead atoms. The van der Waals surface area contributed by atoms with Crippen molar-refractivity contribution in [1.29, 1.82) is 0 Å². The second kappa shape index (κ2) is 2.64. The van der Waals surface area contributed by atoms with Crippen LogP contribution in [0.25, 0.3) is 0 Å². The van der Waals surface area contributed by atoms with Crippen LogP contribution in [0, 0.1) is 0 Å². The molecular formula is C9H12ClN3. The molecule has 0 amide bonds. The summed E-state index contributed by atoms with van der Waals surface area (Å²) in [4.78, 5) is 0. The Hall–Kier alpha value is -0.700. The molecule has 1 fully saturated rings. The normalized spacial score (nSPS) is 21.0. The summed E-state index contributed by atoms with van der Waals surface area (Å²) in [5.74, 6) is 1.68. The molecule has 1 aromatic rings. The molecule has 1 aliphatic carbocycles. The van der Waals surface area contributed by atoms with Gasteiger partial charge in [0.2, 0.25) is 0 Å². The van der Waals surface area contributed by atoms with Gasteiger partial charge in [-0.3, -0.25) is 0 Å². The second-order valence-corrected chi connectivity index (χ2v) is 4.20. The third-order valence-electron chi connectivity index (χ3n) is 2.72. The summed E-state index contributed by atoms with van der Waals surface area (Å²) >= 11 is 6.23. The van der Waals surface area contributed by atoms with Crippen LogP contribution in [0.5, 0.6) is 0 Å². The maximum absolute atomic E-state index is 6.23. The van der Waals surface area contributed by atoms with Crippen molar-refractivity contribution < 1.29 is 0 Å². The predicted molar refractivity (Wildman–Crippen MR) is 52.3 cm³/mol. The molecule has 1 aliphatic heterocycles. The number of aryl methyl sites for hydroxylation is 1. The SMILES string of the molecule is Clc1c(C2CC2)nn2c1NCCC2. The van der Waals surface area contributed by atoms with Crippen LogP contribution >= 0.6 is 11.6 Å². The van der Waals surface area contributed by atoms with Crippen LogP contribution in [0.4, 0.5) is 5.82 Å². The predicted octanol–water partition coefficient (Wildman–Crippen LogP) is 2.23. The van der Waals surface area contributed by atoms with Crippen molar-refractivity contribution in [3.8, 4) is 0 Å². The minimum absolute atomic E-state index is 0.646. The van der Waals surface area contributed by atoms with Crippen LogP contribution < -0.4 is 5.32 Å². The fourth-order valence-electron chi connectivity index (χ4n) is 1.84. The van der Waals surface area contributed by atoms with Gasteiger partial charge in [-0.2, -0.15) is 5.10 Å². The Labute approximate surface area is 82.1 Å². The number of fused-ring (bicyclic) bond motifs is 1. The third-order valence-corrected chi connectivity index (χ3v) is 3.10. The number of hydrogen-bond donors (Lipinski definition) is 1. The molecule has 0 spiro atoms. The van der Waals surface area contributed by atoms with Gasteiger partial charge in [0.1, 0.15) is 10.8 Å². The van der Waals surface area contributed by atoms with E-state index in [4.69, 9.17) is 11.6 Å². The van der Waals surface area contributed by atoms with E-state index in [0.29, 0.717) is 5.92 Å². The molecule has 1 saturated carbocycles. The number of aromatic nitrogens is 2. The largest absolute Gasteiger partial charge is 0.369 e. The molecule has 0 atom stereocenters. The topological polar surface area (TPSA) is 29.9 Å². The van der Waals surface area contributed by atoms with E-state index in [2.05, 4.69) is 10.4 Å². The minimum atomic E-state index is 0.646. The Morgan fingerprint density at radius 1 is 1.46 bits per heavy atom. The Morgan fingerprint density at radius 3 is 3.00 bits per heavy atom. The second-order valence-electron chi connectivity index (χ2n) is 3.83. The standard InChI is InChI=1S/C9H12ClN3/c10-7-8(6-2-3-6)12-13-5-1-4-11-9(7)13/h6,11H,1-5H2. The van der Waals surface area contributed by atoms with Gasteiger partial charge in [0, 0.05) is 19.0 Å². The molecule has 0 radical (unpaired) electrons. The summed E-state index contributed by atoms with van der Waals surface area (Å²) in [5.41, 5.74) is 1.12. The zero-order chi connectivity index (χ0) is 8.84. The Bertz CT molecular complexity index is 341. The lowest BCUT2D eigenvalue weighted by atomic mass is 10.3. The highest BCUT2D eigenvalue weighted by Gasteiger charge is 2.31. The van der Waals surface area contributed by atoms with Gasteiger partial charge in [-0.1, -0.05) is 11.6 Å². The van der Waals surface area contributed by atoms with Gasteiger partial charge in [-0.15, -0.1) is 0 Å². The van der Waals surface area contributed by atoms with Gasteiger partial charge < -0.3 is 5.32 Å². The fraction of sp³-hybridized carbons (Fsp3) is 0.667. The number of nitrogens with zero attached hydrogens (tertiary/aromatic N) is 2. The van der Waals surface area contributed by atoms with Crippen LogP contribution in [0.15, 0.2) is 0 Å². The lowest BCUT2D eigenvalue weighted by Gasteiger charge is -2.15. The number of anilines is 1. The summed E-state index contributed by atoms with van der Waals surface area (Å²) in [5, 5.41) is 8.70. The zero-order valence-corrected chi connectivity index (χ0v) is 8.14. The first-order valence-electron chi connectivity index (χ1n) is 4.86. The van der Waals surface area contributed by atoms with E-state index in [9.17, 15) is 0 Å². The molecule has 70 valence electrons. The summed E-state index contributed by atoms with van der Waals surface area (Å²) in [7, 11) is 0. The highest BCUT2D eigenvalue weighted by atomic mass is 35.5. The van der Waals surface area contributed by atoms with Crippen molar-refractivity contribution in [3.63, 3.8) is 0 Å². The summed E-state index contributed by atoms with van der Waals surface area (Å²) < 4.78 is 2.01. The van der Waals surface area contributed by atoms with Gasteiger partial charge >= 0.3 is 0 Å².